The number of anilines is 1. The van der Waals surface area contributed by atoms with Gasteiger partial charge in [0.15, 0.2) is 11.5 Å². The summed E-state index contributed by atoms with van der Waals surface area (Å²) >= 11 is 0. The molecule has 0 unspecified atom stereocenters. The van der Waals surface area contributed by atoms with E-state index in [4.69, 9.17) is 9.47 Å². The number of fused-ring (bicyclic) bond motifs is 1. The van der Waals surface area contributed by atoms with Gasteiger partial charge in [-0.25, -0.2) is 0 Å². The van der Waals surface area contributed by atoms with Crippen LogP contribution in [0.15, 0.2) is 47.6 Å². The summed E-state index contributed by atoms with van der Waals surface area (Å²) in [5, 5.41) is 15.0. The van der Waals surface area contributed by atoms with E-state index < -0.39 is 4.92 Å². The molecule has 24 heavy (non-hydrogen) atoms. The van der Waals surface area contributed by atoms with Crippen molar-refractivity contribution in [1.82, 2.24) is 0 Å². The van der Waals surface area contributed by atoms with E-state index in [1.165, 1.54) is 12.1 Å². The highest BCUT2D eigenvalue weighted by atomic mass is 16.7. The number of nitro groups is 1. The van der Waals surface area contributed by atoms with E-state index in [-0.39, 0.29) is 12.5 Å². The van der Waals surface area contributed by atoms with E-state index >= 15 is 0 Å². The van der Waals surface area contributed by atoms with Crippen molar-refractivity contribution >= 4 is 17.1 Å². The molecule has 0 aromatic heterocycles. The van der Waals surface area contributed by atoms with E-state index in [9.17, 15) is 10.1 Å². The average molecular weight is 327 g/mol. The van der Waals surface area contributed by atoms with Crippen LogP contribution in [0.3, 0.4) is 0 Å². The van der Waals surface area contributed by atoms with Crippen LogP contribution in [-0.4, -0.2) is 17.4 Å². The molecule has 0 amide bonds. The summed E-state index contributed by atoms with van der Waals surface area (Å²) in [4.78, 5) is 10.3. The Kier molecular flexibility index (Phi) is 4.60. The molecular weight excluding hydrogens is 310 g/mol. The lowest BCUT2D eigenvalue weighted by atomic mass is 10.1. The zero-order valence-electron chi connectivity index (χ0n) is 13.2. The minimum Gasteiger partial charge on any atom is -0.454 e. The molecule has 0 saturated heterocycles. The zero-order valence-corrected chi connectivity index (χ0v) is 13.2. The van der Waals surface area contributed by atoms with Gasteiger partial charge in [0.2, 0.25) is 6.79 Å². The van der Waals surface area contributed by atoms with Crippen molar-refractivity contribution in [2.45, 2.75) is 19.8 Å². The predicted molar refractivity (Wildman–Crippen MR) is 90.7 cm³/mol. The summed E-state index contributed by atoms with van der Waals surface area (Å²) in [5.41, 5.74) is 5.53. The number of non-ortho nitro benzene ring substituents is 1. The molecule has 1 heterocycles. The molecule has 1 aliphatic heterocycles. The standard InChI is InChI=1S/C17H17N3O4/c1-12(18-19-14-3-2-4-15(10-14)20(21)22)5-6-13-7-8-16-17(9-13)24-11-23-16/h2-4,7-10,19H,5-6,11H2,1H3/b18-12+. The predicted octanol–water partition coefficient (Wildman–Crippen LogP) is 3.74. The second-order valence-corrected chi connectivity index (χ2v) is 5.45. The van der Waals surface area contributed by atoms with Crippen molar-refractivity contribution in [2.75, 3.05) is 12.2 Å². The second-order valence-electron chi connectivity index (χ2n) is 5.45. The number of nitrogens with one attached hydrogen (secondary N) is 1. The maximum Gasteiger partial charge on any atom is 0.271 e. The van der Waals surface area contributed by atoms with Crippen molar-refractivity contribution in [3.8, 4) is 11.5 Å². The number of aryl methyl sites for hydroxylation is 1. The first kappa shape index (κ1) is 15.8. The molecule has 0 bridgehead atoms. The van der Waals surface area contributed by atoms with Gasteiger partial charge in [0, 0.05) is 17.8 Å². The molecule has 1 aliphatic rings. The molecule has 2 aromatic rings. The average Bonchev–Trinajstić information content (AvgIpc) is 3.06. The largest absolute Gasteiger partial charge is 0.454 e. The van der Waals surface area contributed by atoms with E-state index in [0.29, 0.717) is 5.69 Å². The molecule has 1 N–H and O–H groups in total. The number of benzene rings is 2. The summed E-state index contributed by atoms with van der Waals surface area (Å²) in [6.07, 6.45) is 1.59. The number of hydrogen-bond donors (Lipinski definition) is 1. The lowest BCUT2D eigenvalue weighted by Gasteiger charge is -2.05. The summed E-state index contributed by atoms with van der Waals surface area (Å²) < 4.78 is 10.7. The highest BCUT2D eigenvalue weighted by Gasteiger charge is 2.13. The number of nitro benzene ring substituents is 1. The SMILES string of the molecule is C/C(CCc1ccc2c(c1)OCO2)=N\Nc1cccc([N+](=O)[O-])c1. The van der Waals surface area contributed by atoms with Gasteiger partial charge in [-0.05, 0) is 43.5 Å². The fourth-order valence-electron chi connectivity index (χ4n) is 2.33. The Bertz CT molecular complexity index is 789. The summed E-state index contributed by atoms with van der Waals surface area (Å²) in [6.45, 7) is 2.18. The van der Waals surface area contributed by atoms with Gasteiger partial charge < -0.3 is 9.47 Å². The van der Waals surface area contributed by atoms with Gasteiger partial charge in [-0.1, -0.05) is 12.1 Å². The molecular formula is C17H17N3O4. The molecule has 3 rings (SSSR count). The third-order valence-electron chi connectivity index (χ3n) is 3.65. The van der Waals surface area contributed by atoms with Gasteiger partial charge in [0.25, 0.3) is 5.69 Å². The van der Waals surface area contributed by atoms with Crippen LogP contribution in [0.1, 0.15) is 18.9 Å². The maximum atomic E-state index is 10.8. The van der Waals surface area contributed by atoms with Crippen molar-refractivity contribution in [2.24, 2.45) is 5.10 Å². The highest BCUT2D eigenvalue weighted by Crippen LogP contribution is 2.32. The number of nitrogens with zero attached hydrogens (tertiary/aromatic N) is 2. The number of hydrogen-bond acceptors (Lipinski definition) is 6. The van der Waals surface area contributed by atoms with Crippen LogP contribution in [0.25, 0.3) is 0 Å². The van der Waals surface area contributed by atoms with Gasteiger partial charge in [-0.3, -0.25) is 15.5 Å². The zero-order chi connectivity index (χ0) is 16.9. The van der Waals surface area contributed by atoms with Gasteiger partial charge in [-0.15, -0.1) is 0 Å². The first-order valence-electron chi connectivity index (χ1n) is 7.54. The van der Waals surface area contributed by atoms with Crippen LogP contribution in [0.5, 0.6) is 11.5 Å². The third-order valence-corrected chi connectivity index (χ3v) is 3.65. The molecule has 7 heteroatoms. The van der Waals surface area contributed by atoms with E-state index in [1.54, 1.807) is 12.1 Å². The normalized spacial score (nSPS) is 13.0. The first-order chi connectivity index (χ1) is 11.6. The molecule has 0 spiro atoms. The molecule has 0 radical (unpaired) electrons. The van der Waals surface area contributed by atoms with E-state index in [2.05, 4.69) is 10.5 Å². The monoisotopic (exact) mass is 327 g/mol. The van der Waals surface area contributed by atoms with E-state index in [0.717, 1.165) is 35.6 Å². The smallest absolute Gasteiger partial charge is 0.271 e. The molecule has 0 atom stereocenters. The fraction of sp³-hybridized carbons (Fsp3) is 0.235. The lowest BCUT2D eigenvalue weighted by Crippen LogP contribution is -2.00. The van der Waals surface area contributed by atoms with Crippen molar-refractivity contribution in [1.29, 1.82) is 0 Å². The number of rotatable bonds is 6. The summed E-state index contributed by atoms with van der Waals surface area (Å²) in [7, 11) is 0. The van der Waals surface area contributed by atoms with Gasteiger partial charge >= 0.3 is 0 Å². The lowest BCUT2D eigenvalue weighted by molar-refractivity contribution is -0.384. The van der Waals surface area contributed by atoms with Gasteiger partial charge in [-0.2, -0.15) is 5.10 Å². The fourth-order valence-corrected chi connectivity index (χ4v) is 2.33. The number of hydrazone groups is 1. The van der Waals surface area contributed by atoms with Gasteiger partial charge in [0.1, 0.15) is 0 Å². The second kappa shape index (κ2) is 6.99. The Morgan fingerprint density at radius 1 is 1.25 bits per heavy atom. The Balaban J connectivity index is 1.56. The van der Waals surface area contributed by atoms with Crippen molar-refractivity contribution < 1.29 is 14.4 Å². The van der Waals surface area contributed by atoms with Crippen LogP contribution >= 0.6 is 0 Å². The minimum atomic E-state index is -0.429. The minimum absolute atomic E-state index is 0.0354. The van der Waals surface area contributed by atoms with Crippen LogP contribution in [0.2, 0.25) is 0 Å². The molecule has 2 aromatic carbocycles. The maximum absolute atomic E-state index is 10.8. The van der Waals surface area contributed by atoms with E-state index in [1.807, 2.05) is 25.1 Å². The number of ether oxygens (including phenoxy) is 2. The van der Waals surface area contributed by atoms with Crippen LogP contribution in [0, 0.1) is 10.1 Å². The van der Waals surface area contributed by atoms with Gasteiger partial charge in [0.05, 0.1) is 10.6 Å². The van der Waals surface area contributed by atoms with Crippen molar-refractivity contribution in [3.63, 3.8) is 0 Å². The van der Waals surface area contributed by atoms with Crippen molar-refractivity contribution in [3.05, 3.63) is 58.1 Å². The molecule has 7 nitrogen and oxygen atoms in total. The molecule has 0 fully saturated rings. The quantitative estimate of drug-likeness (QED) is 0.496. The van der Waals surface area contributed by atoms with Crippen LogP contribution < -0.4 is 14.9 Å². The Hall–Kier alpha value is -3.09. The highest BCUT2D eigenvalue weighted by molar-refractivity contribution is 5.82. The summed E-state index contributed by atoms with van der Waals surface area (Å²) in [6, 6.07) is 12.2. The summed E-state index contributed by atoms with van der Waals surface area (Å²) in [5.74, 6) is 1.55. The Labute approximate surface area is 139 Å². The Morgan fingerprint density at radius 3 is 2.92 bits per heavy atom. The van der Waals surface area contributed by atoms with Crippen LogP contribution in [-0.2, 0) is 6.42 Å². The Morgan fingerprint density at radius 2 is 2.08 bits per heavy atom. The molecule has 0 saturated carbocycles. The molecule has 0 aliphatic carbocycles. The molecule has 124 valence electrons. The first-order valence-corrected chi connectivity index (χ1v) is 7.54. The van der Waals surface area contributed by atoms with Crippen LogP contribution in [0.4, 0.5) is 11.4 Å². The topological polar surface area (TPSA) is 86.0 Å². The third kappa shape index (κ3) is 3.81.